The quantitative estimate of drug-likeness (QED) is 0.940. The molecule has 0 atom stereocenters. The number of amides is 1. The van der Waals surface area contributed by atoms with Crippen molar-refractivity contribution >= 4 is 33.2 Å². The highest BCUT2D eigenvalue weighted by molar-refractivity contribution is 9.10. The first-order chi connectivity index (χ1) is 8.66. The minimum absolute atomic E-state index is 0.0799. The Kier molecular flexibility index (Phi) is 4.43. The van der Waals surface area contributed by atoms with Gasteiger partial charge in [-0.2, -0.15) is 0 Å². The fraction of sp³-hybridized carbons (Fsp3) is 0.250. The number of hydrogen-bond donors (Lipinski definition) is 1. The van der Waals surface area contributed by atoms with Crippen LogP contribution in [0.15, 0.2) is 28.7 Å². The number of nitrogens with one attached hydrogen (secondary N) is 1. The molecule has 0 fully saturated rings. The van der Waals surface area contributed by atoms with Crippen molar-refractivity contribution in [2.24, 2.45) is 0 Å². The maximum Gasteiger partial charge on any atom is 0.252 e. The molecule has 6 heteroatoms. The Labute approximate surface area is 118 Å². The Morgan fingerprint density at radius 2 is 2.17 bits per heavy atom. The van der Waals surface area contributed by atoms with E-state index >= 15 is 0 Å². The summed E-state index contributed by atoms with van der Waals surface area (Å²) >= 11 is 4.91. The molecule has 0 bridgehead atoms. The molecule has 0 saturated carbocycles. The highest BCUT2D eigenvalue weighted by Gasteiger charge is 2.08. The minimum Gasteiger partial charge on any atom is -0.352 e. The lowest BCUT2D eigenvalue weighted by Crippen LogP contribution is -2.25. The van der Waals surface area contributed by atoms with Gasteiger partial charge in [0.1, 0.15) is 10.0 Å². The fourth-order valence-electron chi connectivity index (χ4n) is 1.46. The van der Waals surface area contributed by atoms with Crippen molar-refractivity contribution < 1.29 is 4.79 Å². The number of nitrogens with zero attached hydrogens (tertiary/aromatic N) is 2. The molecule has 1 N–H and O–H groups in total. The maximum absolute atomic E-state index is 11.9. The number of halogens is 1. The molecule has 2 rings (SSSR count). The number of rotatable bonds is 4. The van der Waals surface area contributed by atoms with Gasteiger partial charge in [0, 0.05) is 17.4 Å². The Hall–Kier alpha value is -1.27. The Balaban J connectivity index is 1.87. The second-order valence-corrected chi connectivity index (χ2v) is 5.82. The number of aryl methyl sites for hydroxylation is 1. The molecule has 0 unspecified atom stereocenters. The van der Waals surface area contributed by atoms with Gasteiger partial charge in [0.2, 0.25) is 0 Å². The first kappa shape index (κ1) is 13.2. The second-order valence-electron chi connectivity index (χ2n) is 3.70. The van der Waals surface area contributed by atoms with Crippen LogP contribution in [0.2, 0.25) is 0 Å². The molecule has 0 aliphatic rings. The van der Waals surface area contributed by atoms with Crippen molar-refractivity contribution in [2.45, 2.75) is 13.3 Å². The summed E-state index contributed by atoms with van der Waals surface area (Å²) in [7, 11) is 0. The van der Waals surface area contributed by atoms with Crippen LogP contribution in [0.25, 0.3) is 0 Å². The molecular weight excluding hydrogens is 314 g/mol. The third-order valence-corrected chi connectivity index (χ3v) is 3.90. The smallest absolute Gasteiger partial charge is 0.252 e. The summed E-state index contributed by atoms with van der Waals surface area (Å²) in [5.74, 6) is -0.0799. The van der Waals surface area contributed by atoms with E-state index in [2.05, 4.69) is 31.4 Å². The van der Waals surface area contributed by atoms with Gasteiger partial charge < -0.3 is 5.32 Å². The van der Waals surface area contributed by atoms with E-state index in [-0.39, 0.29) is 5.91 Å². The topological polar surface area (TPSA) is 54.9 Å². The van der Waals surface area contributed by atoms with E-state index in [4.69, 9.17) is 0 Å². The maximum atomic E-state index is 11.9. The Bertz CT molecular complexity index is 556. The average Bonchev–Trinajstić information content (AvgIpc) is 2.75. The van der Waals surface area contributed by atoms with Crippen LogP contribution in [0.1, 0.15) is 20.4 Å². The van der Waals surface area contributed by atoms with Crippen LogP contribution in [0, 0.1) is 6.92 Å². The van der Waals surface area contributed by atoms with Crippen molar-refractivity contribution in [3.63, 3.8) is 0 Å². The molecule has 4 nitrogen and oxygen atoms in total. The van der Waals surface area contributed by atoms with E-state index in [0.29, 0.717) is 18.5 Å². The zero-order valence-corrected chi connectivity index (χ0v) is 12.2. The van der Waals surface area contributed by atoms with Crippen LogP contribution in [0.5, 0.6) is 0 Å². The monoisotopic (exact) mass is 325 g/mol. The van der Waals surface area contributed by atoms with E-state index in [1.54, 1.807) is 17.4 Å². The minimum atomic E-state index is -0.0799. The molecule has 18 heavy (non-hydrogen) atoms. The predicted octanol–water partition coefficient (Wildman–Crippen LogP) is 2.58. The highest BCUT2D eigenvalue weighted by atomic mass is 79.9. The van der Waals surface area contributed by atoms with Crippen LogP contribution in [0.4, 0.5) is 0 Å². The molecule has 1 heterocycles. The van der Waals surface area contributed by atoms with E-state index in [1.807, 2.05) is 25.1 Å². The average molecular weight is 326 g/mol. The first-order valence-corrected chi connectivity index (χ1v) is 7.09. The summed E-state index contributed by atoms with van der Waals surface area (Å²) in [6.45, 7) is 2.48. The van der Waals surface area contributed by atoms with E-state index in [0.717, 1.165) is 14.5 Å². The van der Waals surface area contributed by atoms with Crippen LogP contribution in [0.3, 0.4) is 0 Å². The fourth-order valence-corrected chi connectivity index (χ4v) is 2.64. The lowest BCUT2D eigenvalue weighted by atomic mass is 10.2. The van der Waals surface area contributed by atoms with Crippen molar-refractivity contribution in [3.05, 3.63) is 44.3 Å². The Morgan fingerprint density at radius 3 is 2.83 bits per heavy atom. The lowest BCUT2D eigenvalue weighted by molar-refractivity contribution is 0.0953. The first-order valence-electron chi connectivity index (χ1n) is 5.48. The van der Waals surface area contributed by atoms with Crippen molar-refractivity contribution in [1.29, 1.82) is 0 Å². The lowest BCUT2D eigenvalue weighted by Gasteiger charge is -2.05. The number of benzene rings is 1. The molecule has 0 aliphatic heterocycles. The molecule has 2 aromatic rings. The molecule has 1 aromatic carbocycles. The molecule has 94 valence electrons. The standard InChI is InChI=1S/C12H12BrN3OS/c1-8-15-16-11(18-8)6-7-14-12(17)9-4-2-3-5-10(9)13/h2-5H,6-7H2,1H3,(H,14,17). The van der Waals surface area contributed by atoms with Crippen molar-refractivity contribution in [3.8, 4) is 0 Å². The normalized spacial score (nSPS) is 10.3. The van der Waals surface area contributed by atoms with Crippen LogP contribution in [-0.2, 0) is 6.42 Å². The SMILES string of the molecule is Cc1nnc(CCNC(=O)c2ccccc2Br)s1. The molecule has 0 saturated heterocycles. The molecule has 0 spiro atoms. The molecular formula is C12H12BrN3OS. The van der Waals surface area contributed by atoms with Crippen LogP contribution < -0.4 is 5.32 Å². The van der Waals surface area contributed by atoms with E-state index in [1.165, 1.54) is 0 Å². The van der Waals surface area contributed by atoms with Gasteiger partial charge in [-0.1, -0.05) is 12.1 Å². The van der Waals surface area contributed by atoms with Gasteiger partial charge in [-0.3, -0.25) is 4.79 Å². The van der Waals surface area contributed by atoms with Crippen LogP contribution >= 0.6 is 27.3 Å². The van der Waals surface area contributed by atoms with E-state index in [9.17, 15) is 4.79 Å². The Morgan fingerprint density at radius 1 is 1.39 bits per heavy atom. The summed E-state index contributed by atoms with van der Waals surface area (Å²) in [5.41, 5.74) is 0.644. The highest BCUT2D eigenvalue weighted by Crippen LogP contribution is 2.15. The summed E-state index contributed by atoms with van der Waals surface area (Å²) in [6, 6.07) is 7.36. The number of carbonyl (C=O) groups excluding carboxylic acids is 1. The summed E-state index contributed by atoms with van der Waals surface area (Å²) in [6.07, 6.45) is 0.710. The molecule has 1 aromatic heterocycles. The predicted molar refractivity (Wildman–Crippen MR) is 74.8 cm³/mol. The van der Waals surface area contributed by atoms with Gasteiger partial charge in [-0.05, 0) is 35.0 Å². The summed E-state index contributed by atoms with van der Waals surface area (Å²) < 4.78 is 0.800. The summed E-state index contributed by atoms with van der Waals surface area (Å²) in [5, 5.41) is 12.7. The molecule has 1 amide bonds. The number of hydrogen-bond acceptors (Lipinski definition) is 4. The van der Waals surface area contributed by atoms with Gasteiger partial charge in [-0.15, -0.1) is 21.5 Å². The largest absolute Gasteiger partial charge is 0.352 e. The van der Waals surface area contributed by atoms with E-state index < -0.39 is 0 Å². The summed E-state index contributed by atoms with van der Waals surface area (Å²) in [4.78, 5) is 11.9. The van der Waals surface area contributed by atoms with Gasteiger partial charge in [0.05, 0.1) is 5.56 Å². The third-order valence-electron chi connectivity index (χ3n) is 2.31. The second kappa shape index (κ2) is 6.06. The van der Waals surface area contributed by atoms with Crippen molar-refractivity contribution in [2.75, 3.05) is 6.54 Å². The van der Waals surface area contributed by atoms with Crippen molar-refractivity contribution in [1.82, 2.24) is 15.5 Å². The van der Waals surface area contributed by atoms with Gasteiger partial charge in [0.15, 0.2) is 0 Å². The van der Waals surface area contributed by atoms with Gasteiger partial charge in [0.25, 0.3) is 5.91 Å². The molecule has 0 radical (unpaired) electrons. The van der Waals surface area contributed by atoms with Gasteiger partial charge >= 0.3 is 0 Å². The van der Waals surface area contributed by atoms with Crippen LogP contribution in [-0.4, -0.2) is 22.6 Å². The number of aromatic nitrogens is 2. The van der Waals surface area contributed by atoms with Gasteiger partial charge in [-0.25, -0.2) is 0 Å². The zero-order chi connectivity index (χ0) is 13.0. The number of carbonyl (C=O) groups is 1. The molecule has 0 aliphatic carbocycles. The zero-order valence-electron chi connectivity index (χ0n) is 9.81. The third kappa shape index (κ3) is 3.36.